The first kappa shape index (κ1) is 18.6. The molecule has 6 heteroatoms. The normalized spacial score (nSPS) is 18.6. The number of sulfone groups is 1. The molecule has 0 aliphatic carbocycles. The number of hydrogen-bond donors (Lipinski definition) is 1. The molecule has 1 aliphatic heterocycles. The maximum atomic E-state index is 11.6. The van der Waals surface area contributed by atoms with Crippen molar-refractivity contribution in [1.82, 2.24) is 4.90 Å². The van der Waals surface area contributed by atoms with Gasteiger partial charge < -0.3 is 5.11 Å². The number of rotatable bonds is 5. The van der Waals surface area contributed by atoms with Crippen molar-refractivity contribution in [2.24, 2.45) is 0 Å². The van der Waals surface area contributed by atoms with Gasteiger partial charge in [0.25, 0.3) is 0 Å². The Labute approximate surface area is 154 Å². The molecule has 2 aromatic carbocycles. The lowest BCUT2D eigenvalue weighted by molar-refractivity contribution is 0.0696. The van der Waals surface area contributed by atoms with Crippen LogP contribution < -0.4 is 0 Å². The molecule has 0 aromatic heterocycles. The predicted octanol–water partition coefficient (Wildman–Crippen LogP) is 3.17. The highest BCUT2D eigenvalue weighted by atomic mass is 32.2. The van der Waals surface area contributed by atoms with Crippen molar-refractivity contribution in [2.45, 2.75) is 30.2 Å². The van der Waals surface area contributed by atoms with Crippen molar-refractivity contribution in [2.75, 3.05) is 19.3 Å². The van der Waals surface area contributed by atoms with Crippen molar-refractivity contribution in [3.8, 4) is 0 Å². The van der Waals surface area contributed by atoms with Crippen LogP contribution in [0.2, 0.25) is 0 Å². The Balaban J connectivity index is 1.69. The summed E-state index contributed by atoms with van der Waals surface area (Å²) in [6, 6.07) is 14.2. The molecule has 26 heavy (non-hydrogen) atoms. The zero-order chi connectivity index (χ0) is 18.7. The second kappa shape index (κ2) is 7.60. The standard InChI is InChI=1S/C20H23NO4S/c1-26(24,25)19-9-7-15(8-10-19)13-21-11-3-6-18(14-21)16-4-2-5-17(12-16)20(22)23/h2,4-5,7-10,12,18H,3,6,11,13-14H2,1H3,(H,22,23)/t18-/m1/s1. The molecule has 2 aromatic rings. The number of piperidine rings is 1. The Hall–Kier alpha value is -2.18. The van der Waals surface area contributed by atoms with E-state index in [1.54, 1.807) is 24.3 Å². The highest BCUT2D eigenvalue weighted by Gasteiger charge is 2.22. The van der Waals surface area contributed by atoms with E-state index in [9.17, 15) is 18.3 Å². The minimum atomic E-state index is -3.17. The van der Waals surface area contributed by atoms with Crippen LogP contribution in [0.5, 0.6) is 0 Å². The summed E-state index contributed by atoms with van der Waals surface area (Å²) >= 11 is 0. The van der Waals surface area contributed by atoms with Gasteiger partial charge in [-0.25, -0.2) is 13.2 Å². The zero-order valence-corrected chi connectivity index (χ0v) is 15.6. The lowest BCUT2D eigenvalue weighted by Gasteiger charge is -2.33. The van der Waals surface area contributed by atoms with Crippen LogP contribution in [0, 0.1) is 0 Å². The van der Waals surface area contributed by atoms with E-state index in [4.69, 9.17) is 0 Å². The molecular formula is C20H23NO4S. The van der Waals surface area contributed by atoms with Gasteiger partial charge in [-0.15, -0.1) is 0 Å². The summed E-state index contributed by atoms with van der Waals surface area (Å²) < 4.78 is 23.1. The summed E-state index contributed by atoms with van der Waals surface area (Å²) in [6.45, 7) is 2.62. The Morgan fingerprint density at radius 2 is 1.92 bits per heavy atom. The second-order valence-corrected chi connectivity index (χ2v) is 8.94. The molecule has 1 aliphatic rings. The van der Waals surface area contributed by atoms with Crippen molar-refractivity contribution in [3.63, 3.8) is 0 Å². The van der Waals surface area contributed by atoms with Gasteiger partial charge in [0.15, 0.2) is 9.84 Å². The maximum Gasteiger partial charge on any atom is 0.335 e. The predicted molar refractivity (Wildman–Crippen MR) is 100 cm³/mol. The topological polar surface area (TPSA) is 74.7 Å². The van der Waals surface area contributed by atoms with Crippen LogP contribution in [-0.2, 0) is 16.4 Å². The monoisotopic (exact) mass is 373 g/mol. The molecule has 1 heterocycles. The number of carboxylic acids is 1. The first-order chi connectivity index (χ1) is 12.3. The molecule has 0 amide bonds. The maximum absolute atomic E-state index is 11.6. The van der Waals surface area contributed by atoms with Crippen molar-refractivity contribution in [3.05, 3.63) is 65.2 Å². The van der Waals surface area contributed by atoms with Crippen molar-refractivity contribution < 1.29 is 18.3 Å². The second-order valence-electron chi connectivity index (χ2n) is 6.92. The number of benzene rings is 2. The third-order valence-corrected chi connectivity index (χ3v) is 6.00. The number of likely N-dealkylation sites (tertiary alicyclic amines) is 1. The van der Waals surface area contributed by atoms with Gasteiger partial charge in [0.2, 0.25) is 0 Å². The third-order valence-electron chi connectivity index (χ3n) is 4.87. The van der Waals surface area contributed by atoms with Crippen LogP contribution in [-0.4, -0.2) is 43.7 Å². The quantitative estimate of drug-likeness (QED) is 0.871. The number of nitrogens with zero attached hydrogens (tertiary/aromatic N) is 1. The third kappa shape index (κ3) is 4.51. The summed E-state index contributed by atoms with van der Waals surface area (Å²) in [4.78, 5) is 13.9. The molecule has 1 atom stereocenters. The fourth-order valence-corrected chi connectivity index (χ4v) is 4.13. The lowest BCUT2D eigenvalue weighted by atomic mass is 9.89. The van der Waals surface area contributed by atoms with E-state index >= 15 is 0 Å². The van der Waals surface area contributed by atoms with Gasteiger partial charge >= 0.3 is 5.97 Å². The first-order valence-electron chi connectivity index (χ1n) is 8.67. The number of aromatic carboxylic acids is 1. The largest absolute Gasteiger partial charge is 0.478 e. The molecule has 0 bridgehead atoms. The van der Waals surface area contributed by atoms with E-state index in [1.165, 1.54) is 6.26 Å². The smallest absolute Gasteiger partial charge is 0.335 e. The van der Waals surface area contributed by atoms with E-state index in [1.807, 2.05) is 24.3 Å². The van der Waals surface area contributed by atoms with E-state index in [2.05, 4.69) is 4.90 Å². The summed E-state index contributed by atoms with van der Waals surface area (Å²) in [5.41, 5.74) is 2.48. The molecule has 1 fully saturated rings. The van der Waals surface area contributed by atoms with Crippen molar-refractivity contribution >= 4 is 15.8 Å². The van der Waals surface area contributed by atoms with E-state index < -0.39 is 15.8 Å². The van der Waals surface area contributed by atoms with E-state index in [-0.39, 0.29) is 0 Å². The van der Waals surface area contributed by atoms with E-state index in [0.717, 1.165) is 43.6 Å². The Kier molecular flexibility index (Phi) is 5.44. The first-order valence-corrected chi connectivity index (χ1v) is 10.6. The van der Waals surface area contributed by atoms with Crippen LogP contribution in [0.25, 0.3) is 0 Å². The van der Waals surface area contributed by atoms with Crippen LogP contribution in [0.15, 0.2) is 53.4 Å². The number of carboxylic acid groups (broad SMARTS) is 1. The highest BCUT2D eigenvalue weighted by Crippen LogP contribution is 2.28. The van der Waals surface area contributed by atoms with Gasteiger partial charge in [-0.05, 0) is 60.7 Å². The average Bonchev–Trinajstić information content (AvgIpc) is 2.62. The van der Waals surface area contributed by atoms with Crippen LogP contribution in [0.4, 0.5) is 0 Å². The van der Waals surface area contributed by atoms with Gasteiger partial charge in [-0.3, -0.25) is 4.90 Å². The van der Waals surface area contributed by atoms with Crippen LogP contribution in [0.3, 0.4) is 0 Å². The lowest BCUT2D eigenvalue weighted by Crippen LogP contribution is -2.33. The zero-order valence-electron chi connectivity index (χ0n) is 14.8. The Morgan fingerprint density at radius 1 is 1.19 bits per heavy atom. The summed E-state index contributed by atoms with van der Waals surface area (Å²) in [7, 11) is -3.17. The molecule has 0 unspecified atom stereocenters. The molecular weight excluding hydrogens is 350 g/mol. The number of carbonyl (C=O) groups is 1. The van der Waals surface area contributed by atoms with Gasteiger partial charge in [-0.1, -0.05) is 24.3 Å². The molecule has 1 N–H and O–H groups in total. The fraction of sp³-hybridized carbons (Fsp3) is 0.350. The van der Waals surface area contributed by atoms with E-state index in [0.29, 0.717) is 16.4 Å². The summed E-state index contributed by atoms with van der Waals surface area (Å²) in [5.74, 6) is -0.580. The van der Waals surface area contributed by atoms with Gasteiger partial charge in [-0.2, -0.15) is 0 Å². The van der Waals surface area contributed by atoms with Crippen molar-refractivity contribution in [1.29, 1.82) is 0 Å². The number of hydrogen-bond acceptors (Lipinski definition) is 4. The molecule has 138 valence electrons. The van der Waals surface area contributed by atoms with Gasteiger partial charge in [0.05, 0.1) is 10.5 Å². The summed E-state index contributed by atoms with van der Waals surface area (Å²) in [6.07, 6.45) is 3.32. The van der Waals surface area contributed by atoms with Gasteiger partial charge in [0, 0.05) is 19.3 Å². The Morgan fingerprint density at radius 3 is 2.58 bits per heavy atom. The molecule has 5 nitrogen and oxygen atoms in total. The van der Waals surface area contributed by atoms with Gasteiger partial charge in [0.1, 0.15) is 0 Å². The molecule has 0 radical (unpaired) electrons. The average molecular weight is 373 g/mol. The molecule has 0 saturated carbocycles. The van der Waals surface area contributed by atoms with Crippen LogP contribution in [0.1, 0.15) is 40.2 Å². The molecule has 3 rings (SSSR count). The fourth-order valence-electron chi connectivity index (χ4n) is 3.50. The van der Waals surface area contributed by atoms with Crippen LogP contribution >= 0.6 is 0 Å². The SMILES string of the molecule is CS(=O)(=O)c1ccc(CN2CCC[C@@H](c3cccc(C(=O)O)c3)C2)cc1. The summed E-state index contributed by atoms with van der Waals surface area (Å²) in [5, 5.41) is 9.18. The molecule has 0 spiro atoms. The highest BCUT2D eigenvalue weighted by molar-refractivity contribution is 7.90. The Bertz CT molecular complexity index is 890. The minimum Gasteiger partial charge on any atom is -0.478 e. The minimum absolute atomic E-state index is 0.318. The molecule has 1 saturated heterocycles.